The fourth-order valence-corrected chi connectivity index (χ4v) is 5.61. The van der Waals surface area contributed by atoms with Crippen molar-refractivity contribution in [2.75, 3.05) is 6.61 Å². The van der Waals surface area contributed by atoms with Crippen molar-refractivity contribution >= 4 is 21.8 Å². The zero-order valence-electron chi connectivity index (χ0n) is 18.8. The minimum absolute atomic E-state index is 0.0416. The van der Waals surface area contributed by atoms with Gasteiger partial charge in [-0.15, -0.1) is 0 Å². The van der Waals surface area contributed by atoms with Crippen LogP contribution in [0.2, 0.25) is 0 Å². The van der Waals surface area contributed by atoms with E-state index in [1.807, 2.05) is 6.92 Å². The lowest BCUT2D eigenvalue weighted by atomic mass is 9.92. The summed E-state index contributed by atoms with van der Waals surface area (Å²) in [5.74, 6) is -0.470. The number of fused-ring (bicyclic) bond motifs is 1. The number of nitrogens with one attached hydrogen (secondary N) is 2. The molecule has 0 spiro atoms. The Morgan fingerprint density at radius 1 is 1.29 bits per heavy atom. The van der Waals surface area contributed by atoms with Gasteiger partial charge in [-0.1, -0.05) is 17.7 Å². The van der Waals surface area contributed by atoms with Crippen LogP contribution in [-0.4, -0.2) is 52.3 Å². The quantitative estimate of drug-likeness (QED) is 0.528. The van der Waals surface area contributed by atoms with Gasteiger partial charge in [0.05, 0.1) is 24.0 Å². The molecule has 4 rings (SSSR count). The number of aliphatic hydroxyl groups excluding tert-OH is 1. The number of hydrogen-bond donors (Lipinski definition) is 3. The molecule has 0 fully saturated rings. The Morgan fingerprint density at radius 3 is 2.79 bits per heavy atom. The van der Waals surface area contributed by atoms with Crippen molar-refractivity contribution in [1.29, 1.82) is 0 Å². The van der Waals surface area contributed by atoms with Gasteiger partial charge in [-0.3, -0.25) is 13.9 Å². The molecule has 0 bridgehead atoms. The molecule has 10 nitrogen and oxygen atoms in total. The number of carbonyl (C=O) groups excluding carboxylic acids is 2. The zero-order valence-corrected chi connectivity index (χ0v) is 19.6. The SMILES string of the molecule is Cc1ccc(S(=O)(=O)N2C=CNC(=O)[C@H]2CC(=O)NC2CCCc3nc(CCO)ncc32)cc1. The molecule has 2 aliphatic rings. The standard InChI is InChI=1S/C23H27N5O5S/c1-15-5-7-16(8-6-15)34(32,33)28-11-10-24-23(31)20(28)13-22(30)27-19-4-2-3-18-17(19)14-25-21(26-18)9-12-29/h5-8,10-11,14,19-20,29H,2-4,9,12-13H2,1H3,(H,24,31)(H,27,30)/t19?,20-/m1/s1. The molecule has 34 heavy (non-hydrogen) atoms. The normalized spacial score (nSPS) is 19.9. The van der Waals surface area contributed by atoms with Crippen LogP contribution in [0, 0.1) is 6.92 Å². The first kappa shape index (κ1) is 23.8. The minimum Gasteiger partial charge on any atom is -0.396 e. The van der Waals surface area contributed by atoms with E-state index in [2.05, 4.69) is 20.6 Å². The van der Waals surface area contributed by atoms with Crippen molar-refractivity contribution in [1.82, 2.24) is 24.9 Å². The van der Waals surface area contributed by atoms with Gasteiger partial charge in [0, 0.05) is 36.3 Å². The largest absolute Gasteiger partial charge is 0.396 e. The van der Waals surface area contributed by atoms with Crippen LogP contribution in [-0.2, 0) is 32.5 Å². The molecule has 0 radical (unpaired) electrons. The average Bonchev–Trinajstić information content (AvgIpc) is 2.81. The lowest BCUT2D eigenvalue weighted by molar-refractivity contribution is -0.129. The number of rotatable bonds is 7. The van der Waals surface area contributed by atoms with Crippen molar-refractivity contribution in [2.24, 2.45) is 0 Å². The van der Waals surface area contributed by atoms with E-state index in [0.717, 1.165) is 34.0 Å². The number of amides is 2. The van der Waals surface area contributed by atoms with Crippen LogP contribution in [0.15, 0.2) is 47.8 Å². The number of hydrogen-bond acceptors (Lipinski definition) is 7. The minimum atomic E-state index is -4.03. The van der Waals surface area contributed by atoms with Crippen LogP contribution in [0.25, 0.3) is 0 Å². The molecule has 2 atom stereocenters. The molecule has 1 unspecified atom stereocenters. The van der Waals surface area contributed by atoms with Gasteiger partial charge in [0.25, 0.3) is 10.0 Å². The van der Waals surface area contributed by atoms with Gasteiger partial charge in [-0.25, -0.2) is 18.4 Å². The van der Waals surface area contributed by atoms with Gasteiger partial charge in [0.15, 0.2) is 0 Å². The topological polar surface area (TPSA) is 142 Å². The number of benzene rings is 1. The number of nitrogens with zero attached hydrogens (tertiary/aromatic N) is 3. The number of carbonyl (C=O) groups is 2. The summed E-state index contributed by atoms with van der Waals surface area (Å²) in [6, 6.07) is 4.76. The monoisotopic (exact) mass is 485 g/mol. The molecule has 1 aromatic carbocycles. The number of aliphatic hydroxyl groups is 1. The molecule has 11 heteroatoms. The van der Waals surface area contributed by atoms with Crippen molar-refractivity contribution < 1.29 is 23.1 Å². The molecule has 1 aliphatic carbocycles. The van der Waals surface area contributed by atoms with E-state index in [1.54, 1.807) is 18.3 Å². The van der Waals surface area contributed by atoms with Gasteiger partial charge in [-0.05, 0) is 38.3 Å². The predicted octanol–water partition coefficient (Wildman–Crippen LogP) is 0.864. The van der Waals surface area contributed by atoms with E-state index in [1.165, 1.54) is 24.5 Å². The third-order valence-corrected chi connectivity index (χ3v) is 7.73. The van der Waals surface area contributed by atoms with E-state index >= 15 is 0 Å². The first-order valence-electron chi connectivity index (χ1n) is 11.1. The molecule has 2 amide bonds. The van der Waals surface area contributed by atoms with Gasteiger partial charge >= 0.3 is 0 Å². The molecular formula is C23H27N5O5S. The lowest BCUT2D eigenvalue weighted by Gasteiger charge is -2.32. The lowest BCUT2D eigenvalue weighted by Crippen LogP contribution is -2.51. The van der Waals surface area contributed by atoms with Gasteiger partial charge in [-0.2, -0.15) is 0 Å². The van der Waals surface area contributed by atoms with Crippen LogP contribution in [0.5, 0.6) is 0 Å². The molecule has 1 aliphatic heterocycles. The smallest absolute Gasteiger partial charge is 0.264 e. The highest BCUT2D eigenvalue weighted by molar-refractivity contribution is 7.89. The Kier molecular flexibility index (Phi) is 6.94. The summed E-state index contributed by atoms with van der Waals surface area (Å²) in [5, 5.41) is 14.5. The maximum Gasteiger partial charge on any atom is 0.264 e. The Labute approximate surface area is 198 Å². The molecule has 0 saturated heterocycles. The maximum absolute atomic E-state index is 13.2. The second kappa shape index (κ2) is 9.90. The summed E-state index contributed by atoms with van der Waals surface area (Å²) in [4.78, 5) is 34.3. The number of aromatic nitrogens is 2. The van der Waals surface area contributed by atoms with E-state index in [9.17, 15) is 18.0 Å². The summed E-state index contributed by atoms with van der Waals surface area (Å²) in [6.45, 7) is 1.80. The van der Waals surface area contributed by atoms with Crippen molar-refractivity contribution in [3.8, 4) is 0 Å². The van der Waals surface area contributed by atoms with Gasteiger partial charge in [0.1, 0.15) is 11.9 Å². The van der Waals surface area contributed by atoms with Crippen LogP contribution < -0.4 is 10.6 Å². The molecule has 1 aromatic heterocycles. The second-order valence-electron chi connectivity index (χ2n) is 8.37. The van der Waals surface area contributed by atoms with Crippen LogP contribution in [0.3, 0.4) is 0 Å². The fraction of sp³-hybridized carbons (Fsp3) is 0.391. The Hall–Kier alpha value is -3.31. The molecular weight excluding hydrogens is 458 g/mol. The van der Waals surface area contributed by atoms with E-state index in [-0.39, 0.29) is 24.0 Å². The van der Waals surface area contributed by atoms with E-state index in [4.69, 9.17) is 5.11 Å². The maximum atomic E-state index is 13.2. The fourth-order valence-electron chi connectivity index (χ4n) is 4.16. The van der Waals surface area contributed by atoms with E-state index in [0.29, 0.717) is 18.7 Å². The first-order valence-corrected chi connectivity index (χ1v) is 12.6. The number of aryl methyl sites for hydroxylation is 2. The Bertz CT molecular complexity index is 1210. The molecule has 2 heterocycles. The summed E-state index contributed by atoms with van der Waals surface area (Å²) < 4.78 is 27.3. The highest BCUT2D eigenvalue weighted by Gasteiger charge is 2.37. The van der Waals surface area contributed by atoms with Crippen LogP contribution >= 0.6 is 0 Å². The number of sulfonamides is 1. The summed E-state index contributed by atoms with van der Waals surface area (Å²) in [7, 11) is -4.03. The summed E-state index contributed by atoms with van der Waals surface area (Å²) >= 11 is 0. The van der Waals surface area contributed by atoms with Crippen LogP contribution in [0.4, 0.5) is 0 Å². The highest BCUT2D eigenvalue weighted by atomic mass is 32.2. The summed E-state index contributed by atoms with van der Waals surface area (Å²) in [6.07, 6.45) is 6.46. The second-order valence-corrected chi connectivity index (χ2v) is 10.2. The average molecular weight is 486 g/mol. The Balaban J connectivity index is 1.51. The third-order valence-electron chi connectivity index (χ3n) is 5.93. The highest BCUT2D eigenvalue weighted by Crippen LogP contribution is 2.29. The molecule has 3 N–H and O–H groups in total. The van der Waals surface area contributed by atoms with Crippen molar-refractivity contribution in [2.45, 2.75) is 56.0 Å². The zero-order chi connectivity index (χ0) is 24.3. The third kappa shape index (κ3) is 4.95. The Morgan fingerprint density at radius 2 is 2.06 bits per heavy atom. The van der Waals surface area contributed by atoms with Gasteiger partial charge in [0.2, 0.25) is 11.8 Å². The van der Waals surface area contributed by atoms with Crippen molar-refractivity contribution in [3.63, 3.8) is 0 Å². The van der Waals surface area contributed by atoms with Crippen LogP contribution in [0.1, 0.15) is 47.9 Å². The molecule has 2 aromatic rings. The first-order chi connectivity index (χ1) is 16.3. The van der Waals surface area contributed by atoms with E-state index < -0.39 is 27.9 Å². The molecule has 180 valence electrons. The summed E-state index contributed by atoms with van der Waals surface area (Å²) in [5.41, 5.74) is 2.54. The van der Waals surface area contributed by atoms with Crippen molar-refractivity contribution in [3.05, 3.63) is 65.5 Å². The predicted molar refractivity (Wildman–Crippen MR) is 123 cm³/mol. The molecule has 0 saturated carbocycles. The van der Waals surface area contributed by atoms with Gasteiger partial charge < -0.3 is 15.7 Å².